The molecule has 24 heavy (non-hydrogen) atoms. The lowest BCUT2D eigenvalue weighted by Gasteiger charge is -2.12. The molecule has 1 heterocycles. The van der Waals surface area contributed by atoms with Crippen molar-refractivity contribution in [3.8, 4) is 0 Å². The van der Waals surface area contributed by atoms with Crippen molar-refractivity contribution in [2.45, 2.75) is 19.9 Å². The predicted octanol–water partition coefficient (Wildman–Crippen LogP) is 1.05. The van der Waals surface area contributed by atoms with Crippen molar-refractivity contribution in [1.29, 1.82) is 0 Å². The molecule has 0 fully saturated rings. The number of aromatic nitrogens is 3. The number of hydrogen-bond donors (Lipinski definition) is 2. The second kappa shape index (κ2) is 9.67. The molecular weight excluding hydrogens is 304 g/mol. The molecule has 0 saturated carbocycles. The summed E-state index contributed by atoms with van der Waals surface area (Å²) in [5.41, 5.74) is 1.30. The molecule has 2 N–H and O–H groups in total. The SMILES string of the molecule is COCCNC(=NCc1nnc(C)n1C)NCCc1ccccc1. The Morgan fingerprint density at radius 2 is 1.92 bits per heavy atom. The second-order valence-corrected chi connectivity index (χ2v) is 5.47. The molecule has 0 amide bonds. The normalized spacial score (nSPS) is 11.5. The van der Waals surface area contributed by atoms with Gasteiger partial charge in [0.1, 0.15) is 12.4 Å². The standard InChI is InChI=1S/C17H26N6O/c1-14-21-22-16(23(14)2)13-20-17(19-11-12-24-3)18-10-9-15-7-5-4-6-8-15/h4-8H,9-13H2,1-3H3,(H2,18,19,20). The van der Waals surface area contributed by atoms with Crippen molar-refractivity contribution < 1.29 is 4.74 Å². The van der Waals surface area contributed by atoms with E-state index in [1.165, 1.54) is 5.56 Å². The van der Waals surface area contributed by atoms with Crippen LogP contribution in [-0.4, -0.2) is 47.5 Å². The monoisotopic (exact) mass is 330 g/mol. The summed E-state index contributed by atoms with van der Waals surface area (Å²) in [6, 6.07) is 10.4. The van der Waals surface area contributed by atoms with Gasteiger partial charge in [-0.15, -0.1) is 10.2 Å². The van der Waals surface area contributed by atoms with Gasteiger partial charge in [-0.3, -0.25) is 0 Å². The number of aryl methyl sites for hydroxylation is 1. The van der Waals surface area contributed by atoms with Crippen molar-refractivity contribution in [1.82, 2.24) is 25.4 Å². The zero-order valence-corrected chi connectivity index (χ0v) is 14.6. The molecule has 0 unspecified atom stereocenters. The van der Waals surface area contributed by atoms with E-state index in [1.807, 2.05) is 24.6 Å². The number of methoxy groups -OCH3 is 1. The number of nitrogens with zero attached hydrogens (tertiary/aromatic N) is 4. The molecule has 0 aliphatic carbocycles. The number of benzene rings is 1. The molecule has 1 aromatic heterocycles. The first-order chi connectivity index (χ1) is 11.7. The molecule has 7 nitrogen and oxygen atoms in total. The molecule has 2 rings (SSSR count). The summed E-state index contributed by atoms with van der Waals surface area (Å²) in [5.74, 6) is 2.47. The fourth-order valence-corrected chi connectivity index (χ4v) is 2.15. The van der Waals surface area contributed by atoms with Crippen molar-refractivity contribution in [3.05, 3.63) is 47.5 Å². The minimum Gasteiger partial charge on any atom is -0.383 e. The van der Waals surface area contributed by atoms with Crippen LogP contribution in [0.3, 0.4) is 0 Å². The molecule has 0 atom stereocenters. The van der Waals surface area contributed by atoms with Gasteiger partial charge in [-0.25, -0.2) is 4.99 Å². The third kappa shape index (κ3) is 5.66. The van der Waals surface area contributed by atoms with Crippen molar-refractivity contribution in [2.24, 2.45) is 12.0 Å². The van der Waals surface area contributed by atoms with Gasteiger partial charge >= 0.3 is 0 Å². The minimum atomic E-state index is 0.477. The van der Waals surface area contributed by atoms with E-state index in [-0.39, 0.29) is 0 Å². The van der Waals surface area contributed by atoms with Crippen LogP contribution >= 0.6 is 0 Å². The molecule has 0 radical (unpaired) electrons. The smallest absolute Gasteiger partial charge is 0.191 e. The summed E-state index contributed by atoms with van der Waals surface area (Å²) in [4.78, 5) is 4.59. The molecule has 2 aromatic rings. The topological polar surface area (TPSA) is 76.4 Å². The largest absolute Gasteiger partial charge is 0.383 e. The van der Waals surface area contributed by atoms with E-state index in [4.69, 9.17) is 4.74 Å². The van der Waals surface area contributed by atoms with Crippen LogP contribution in [-0.2, 0) is 24.8 Å². The summed E-state index contributed by atoms with van der Waals surface area (Å²) in [6.45, 7) is 4.54. The molecular formula is C17H26N6O. The first-order valence-electron chi connectivity index (χ1n) is 8.10. The van der Waals surface area contributed by atoms with E-state index in [2.05, 4.69) is 50.1 Å². The summed E-state index contributed by atoms with van der Waals surface area (Å²) in [7, 11) is 3.63. The van der Waals surface area contributed by atoms with Crippen LogP contribution in [0.25, 0.3) is 0 Å². The van der Waals surface area contributed by atoms with Gasteiger partial charge in [0.2, 0.25) is 0 Å². The number of hydrogen-bond acceptors (Lipinski definition) is 4. The molecule has 0 bridgehead atoms. The van der Waals surface area contributed by atoms with Crippen molar-refractivity contribution in [3.63, 3.8) is 0 Å². The van der Waals surface area contributed by atoms with Gasteiger partial charge in [0.25, 0.3) is 0 Å². The highest BCUT2D eigenvalue weighted by molar-refractivity contribution is 5.79. The van der Waals surface area contributed by atoms with Crippen LogP contribution in [0.2, 0.25) is 0 Å². The van der Waals surface area contributed by atoms with Crippen molar-refractivity contribution >= 4 is 5.96 Å². The maximum absolute atomic E-state index is 5.08. The predicted molar refractivity (Wildman–Crippen MR) is 94.9 cm³/mol. The summed E-state index contributed by atoms with van der Waals surface area (Å²) in [5, 5.41) is 14.8. The number of nitrogens with one attached hydrogen (secondary N) is 2. The van der Waals surface area contributed by atoms with Gasteiger partial charge in [0.15, 0.2) is 11.8 Å². The first-order valence-corrected chi connectivity index (χ1v) is 8.10. The van der Waals surface area contributed by atoms with E-state index in [9.17, 15) is 0 Å². The van der Waals surface area contributed by atoms with Gasteiger partial charge in [0.05, 0.1) is 6.61 Å². The Balaban J connectivity index is 1.90. The second-order valence-electron chi connectivity index (χ2n) is 5.47. The summed E-state index contributed by atoms with van der Waals surface area (Å²) < 4.78 is 7.02. The number of rotatable bonds is 8. The molecule has 7 heteroatoms. The maximum Gasteiger partial charge on any atom is 0.191 e. The minimum absolute atomic E-state index is 0.477. The van der Waals surface area contributed by atoms with E-state index < -0.39 is 0 Å². The average molecular weight is 330 g/mol. The lowest BCUT2D eigenvalue weighted by molar-refractivity contribution is 0.203. The van der Waals surface area contributed by atoms with E-state index >= 15 is 0 Å². The van der Waals surface area contributed by atoms with Gasteiger partial charge < -0.3 is 19.9 Å². The van der Waals surface area contributed by atoms with E-state index in [0.717, 1.165) is 30.6 Å². The highest BCUT2D eigenvalue weighted by Gasteiger charge is 2.05. The fourth-order valence-electron chi connectivity index (χ4n) is 2.15. The molecule has 0 saturated heterocycles. The third-order valence-corrected chi connectivity index (χ3v) is 3.71. The number of aliphatic imine (C=N–C) groups is 1. The zero-order valence-electron chi connectivity index (χ0n) is 14.6. The van der Waals surface area contributed by atoms with E-state index in [1.54, 1.807) is 7.11 Å². The van der Waals surface area contributed by atoms with E-state index in [0.29, 0.717) is 19.7 Å². The third-order valence-electron chi connectivity index (χ3n) is 3.71. The van der Waals surface area contributed by atoms with Crippen molar-refractivity contribution in [2.75, 3.05) is 26.8 Å². The Morgan fingerprint density at radius 3 is 2.58 bits per heavy atom. The Hall–Kier alpha value is -2.41. The number of guanidine groups is 1. The lowest BCUT2D eigenvalue weighted by Crippen LogP contribution is -2.40. The van der Waals surface area contributed by atoms with Crippen LogP contribution < -0.4 is 10.6 Å². The summed E-state index contributed by atoms with van der Waals surface area (Å²) in [6.07, 6.45) is 0.939. The van der Waals surface area contributed by atoms with Gasteiger partial charge in [-0.2, -0.15) is 0 Å². The van der Waals surface area contributed by atoms with Gasteiger partial charge in [0, 0.05) is 27.2 Å². The Bertz CT molecular complexity index is 638. The van der Waals surface area contributed by atoms with Crippen LogP contribution in [0.1, 0.15) is 17.2 Å². The van der Waals surface area contributed by atoms with Crippen LogP contribution in [0.4, 0.5) is 0 Å². The van der Waals surface area contributed by atoms with Gasteiger partial charge in [-0.1, -0.05) is 30.3 Å². The molecule has 130 valence electrons. The fraction of sp³-hybridized carbons (Fsp3) is 0.471. The molecule has 0 aliphatic heterocycles. The Kier molecular flexibility index (Phi) is 7.22. The number of ether oxygens (including phenoxy) is 1. The lowest BCUT2D eigenvalue weighted by atomic mass is 10.1. The quantitative estimate of drug-likeness (QED) is 0.430. The Labute approximate surface area is 143 Å². The summed E-state index contributed by atoms with van der Waals surface area (Å²) >= 11 is 0. The zero-order chi connectivity index (χ0) is 17.2. The highest BCUT2D eigenvalue weighted by Crippen LogP contribution is 2.00. The van der Waals surface area contributed by atoms with Crippen LogP contribution in [0.15, 0.2) is 35.3 Å². The molecule has 1 aromatic carbocycles. The highest BCUT2D eigenvalue weighted by atomic mass is 16.5. The molecule has 0 spiro atoms. The molecule has 0 aliphatic rings. The maximum atomic E-state index is 5.08. The first kappa shape index (κ1) is 17.9. The van der Waals surface area contributed by atoms with Crippen LogP contribution in [0, 0.1) is 6.92 Å². The average Bonchev–Trinajstić information content (AvgIpc) is 2.92. The van der Waals surface area contributed by atoms with Gasteiger partial charge in [-0.05, 0) is 18.9 Å². The Morgan fingerprint density at radius 1 is 1.17 bits per heavy atom. The van der Waals surface area contributed by atoms with Crippen LogP contribution in [0.5, 0.6) is 0 Å².